The lowest BCUT2D eigenvalue weighted by Crippen LogP contribution is -2.40. The van der Waals surface area contributed by atoms with Crippen molar-refractivity contribution in [1.29, 1.82) is 0 Å². The molecule has 160 valence electrons. The van der Waals surface area contributed by atoms with Crippen molar-refractivity contribution in [2.45, 2.75) is 12.5 Å². The van der Waals surface area contributed by atoms with Crippen LogP contribution >= 0.6 is 11.6 Å². The smallest absolute Gasteiger partial charge is 0.254 e. The number of carbonyl (C=O) groups excluding carboxylic acids is 1. The van der Waals surface area contributed by atoms with Gasteiger partial charge in [-0.15, -0.1) is 0 Å². The average molecular weight is 438 g/mol. The fourth-order valence-electron chi connectivity index (χ4n) is 4.12. The molecule has 3 aromatic rings. The van der Waals surface area contributed by atoms with Crippen LogP contribution in [0, 0.1) is 0 Å². The lowest BCUT2D eigenvalue weighted by molar-refractivity contribution is 0.0694. The second-order valence-corrected chi connectivity index (χ2v) is 7.78. The molecule has 0 radical (unpaired) electrons. The summed E-state index contributed by atoms with van der Waals surface area (Å²) in [6.45, 7) is 0.565. The molecule has 0 N–H and O–H groups in total. The molecule has 1 heterocycles. The number of hydrogen-bond donors (Lipinski definition) is 0. The quantitative estimate of drug-likeness (QED) is 0.553. The molecule has 0 saturated heterocycles. The Balaban J connectivity index is 1.85. The zero-order valence-electron chi connectivity index (χ0n) is 17.7. The Labute approximate surface area is 187 Å². The van der Waals surface area contributed by atoms with E-state index in [2.05, 4.69) is 0 Å². The highest BCUT2D eigenvalue weighted by molar-refractivity contribution is 6.30. The average Bonchev–Trinajstić information content (AvgIpc) is 2.81. The first-order valence-corrected chi connectivity index (χ1v) is 10.4. The molecule has 4 rings (SSSR count). The van der Waals surface area contributed by atoms with Crippen molar-refractivity contribution in [3.05, 3.63) is 87.9 Å². The number of methoxy groups -OCH3 is 3. The second-order valence-electron chi connectivity index (χ2n) is 7.34. The number of amides is 1. The van der Waals surface area contributed by atoms with Gasteiger partial charge in [0.25, 0.3) is 5.91 Å². The van der Waals surface area contributed by atoms with Gasteiger partial charge in [0, 0.05) is 17.1 Å². The minimum Gasteiger partial charge on any atom is -0.497 e. The number of carbonyl (C=O) groups is 1. The third-order valence-electron chi connectivity index (χ3n) is 5.62. The maximum Gasteiger partial charge on any atom is 0.254 e. The molecule has 1 unspecified atom stereocenters. The van der Waals surface area contributed by atoms with Crippen molar-refractivity contribution in [1.82, 2.24) is 4.90 Å². The summed E-state index contributed by atoms with van der Waals surface area (Å²) in [5.74, 6) is 1.89. The van der Waals surface area contributed by atoms with Gasteiger partial charge in [-0.25, -0.2) is 0 Å². The fourth-order valence-corrected chi connectivity index (χ4v) is 4.32. The van der Waals surface area contributed by atoms with Crippen LogP contribution in [0.2, 0.25) is 5.02 Å². The number of ether oxygens (including phenoxy) is 3. The SMILES string of the molecule is COc1cccc(C(=O)N2CCc3cc(OC)c(OC)cc3C2c2cccc(Cl)c2)c1. The van der Waals surface area contributed by atoms with Crippen LogP contribution in [0.15, 0.2) is 60.7 Å². The van der Waals surface area contributed by atoms with Gasteiger partial charge in [0.1, 0.15) is 5.75 Å². The summed E-state index contributed by atoms with van der Waals surface area (Å²) < 4.78 is 16.4. The molecule has 0 saturated carbocycles. The van der Waals surface area contributed by atoms with E-state index in [0.717, 1.165) is 16.7 Å². The predicted molar refractivity (Wildman–Crippen MR) is 121 cm³/mol. The Bertz CT molecular complexity index is 1110. The summed E-state index contributed by atoms with van der Waals surface area (Å²) in [4.78, 5) is 15.5. The number of nitrogens with zero attached hydrogens (tertiary/aromatic N) is 1. The zero-order chi connectivity index (χ0) is 22.0. The van der Waals surface area contributed by atoms with Crippen LogP contribution in [-0.4, -0.2) is 38.7 Å². The highest BCUT2D eigenvalue weighted by atomic mass is 35.5. The van der Waals surface area contributed by atoms with Gasteiger partial charge in [-0.05, 0) is 65.6 Å². The Morgan fingerprint density at radius 3 is 2.39 bits per heavy atom. The molecule has 0 aromatic heterocycles. The largest absolute Gasteiger partial charge is 0.497 e. The van der Waals surface area contributed by atoms with E-state index in [4.69, 9.17) is 25.8 Å². The van der Waals surface area contributed by atoms with E-state index in [-0.39, 0.29) is 11.9 Å². The highest BCUT2D eigenvalue weighted by Crippen LogP contribution is 2.42. The lowest BCUT2D eigenvalue weighted by atomic mass is 9.87. The standard InChI is InChI=1S/C25H24ClNO4/c1-29-20-9-5-7-18(13-20)25(28)27-11-10-16-14-22(30-2)23(31-3)15-21(16)24(27)17-6-4-8-19(26)12-17/h4-9,12-15,24H,10-11H2,1-3H3. The summed E-state index contributed by atoms with van der Waals surface area (Å²) in [5, 5.41) is 0.624. The van der Waals surface area contributed by atoms with E-state index < -0.39 is 0 Å². The van der Waals surface area contributed by atoms with Crippen LogP contribution in [0.1, 0.15) is 33.1 Å². The van der Waals surface area contributed by atoms with E-state index >= 15 is 0 Å². The molecule has 6 heteroatoms. The van der Waals surface area contributed by atoms with Gasteiger partial charge in [-0.3, -0.25) is 4.79 Å². The Hall–Kier alpha value is -3.18. The van der Waals surface area contributed by atoms with Crippen LogP contribution in [0.3, 0.4) is 0 Å². The van der Waals surface area contributed by atoms with Gasteiger partial charge in [0.05, 0.1) is 27.4 Å². The lowest BCUT2D eigenvalue weighted by Gasteiger charge is -2.38. The molecule has 1 amide bonds. The van der Waals surface area contributed by atoms with E-state index in [9.17, 15) is 4.79 Å². The summed E-state index contributed by atoms with van der Waals surface area (Å²) in [6.07, 6.45) is 0.711. The van der Waals surface area contributed by atoms with Gasteiger partial charge in [0.15, 0.2) is 11.5 Å². The normalized spacial score (nSPS) is 15.2. The first-order chi connectivity index (χ1) is 15.0. The highest BCUT2D eigenvalue weighted by Gasteiger charge is 2.34. The Morgan fingerprint density at radius 2 is 1.68 bits per heavy atom. The van der Waals surface area contributed by atoms with Gasteiger partial charge in [-0.1, -0.05) is 29.8 Å². The molecular formula is C25H24ClNO4. The van der Waals surface area contributed by atoms with Gasteiger partial charge < -0.3 is 19.1 Å². The minimum atomic E-state index is -0.305. The molecule has 0 spiro atoms. The van der Waals surface area contributed by atoms with E-state index in [0.29, 0.717) is 40.8 Å². The number of hydrogen-bond acceptors (Lipinski definition) is 4. The van der Waals surface area contributed by atoms with Crippen LogP contribution in [0.5, 0.6) is 17.2 Å². The summed E-state index contributed by atoms with van der Waals surface area (Å²) in [5.41, 5.74) is 3.65. The van der Waals surface area contributed by atoms with Crippen LogP contribution in [0.4, 0.5) is 0 Å². The van der Waals surface area contributed by atoms with Gasteiger partial charge >= 0.3 is 0 Å². The fraction of sp³-hybridized carbons (Fsp3) is 0.240. The molecule has 3 aromatic carbocycles. The van der Waals surface area contributed by atoms with Crippen molar-refractivity contribution in [3.63, 3.8) is 0 Å². The summed E-state index contributed by atoms with van der Waals surface area (Å²) >= 11 is 6.32. The van der Waals surface area contributed by atoms with Gasteiger partial charge in [0.2, 0.25) is 0 Å². The van der Waals surface area contributed by atoms with Crippen molar-refractivity contribution in [3.8, 4) is 17.2 Å². The zero-order valence-corrected chi connectivity index (χ0v) is 18.5. The maximum atomic E-state index is 13.6. The van der Waals surface area contributed by atoms with E-state index in [1.807, 2.05) is 59.5 Å². The number of rotatable bonds is 5. The molecule has 0 aliphatic carbocycles. The third kappa shape index (κ3) is 4.06. The molecule has 0 bridgehead atoms. The summed E-state index contributed by atoms with van der Waals surface area (Å²) in [7, 11) is 4.83. The Morgan fingerprint density at radius 1 is 0.935 bits per heavy atom. The van der Waals surface area contributed by atoms with Crippen LogP contribution in [-0.2, 0) is 6.42 Å². The number of benzene rings is 3. The minimum absolute atomic E-state index is 0.0655. The van der Waals surface area contributed by atoms with Crippen molar-refractivity contribution in [2.24, 2.45) is 0 Å². The van der Waals surface area contributed by atoms with Crippen LogP contribution in [0.25, 0.3) is 0 Å². The first kappa shape index (κ1) is 21.1. The van der Waals surface area contributed by atoms with Crippen molar-refractivity contribution < 1.29 is 19.0 Å². The van der Waals surface area contributed by atoms with Crippen LogP contribution < -0.4 is 14.2 Å². The molecule has 1 atom stereocenters. The van der Waals surface area contributed by atoms with Gasteiger partial charge in [-0.2, -0.15) is 0 Å². The molecule has 5 nitrogen and oxygen atoms in total. The van der Waals surface area contributed by atoms with E-state index in [1.54, 1.807) is 27.4 Å². The monoisotopic (exact) mass is 437 g/mol. The molecule has 1 aliphatic heterocycles. The van der Waals surface area contributed by atoms with Crippen molar-refractivity contribution >= 4 is 17.5 Å². The molecule has 0 fully saturated rings. The second kappa shape index (κ2) is 8.90. The maximum absolute atomic E-state index is 13.6. The van der Waals surface area contributed by atoms with Crippen molar-refractivity contribution in [2.75, 3.05) is 27.9 Å². The predicted octanol–water partition coefficient (Wildman–Crippen LogP) is 5.15. The third-order valence-corrected chi connectivity index (χ3v) is 5.85. The topological polar surface area (TPSA) is 48.0 Å². The Kier molecular flexibility index (Phi) is 6.05. The number of halogens is 1. The first-order valence-electron chi connectivity index (χ1n) is 10.0. The molecular weight excluding hydrogens is 414 g/mol. The summed E-state index contributed by atoms with van der Waals surface area (Å²) in [6, 6.07) is 18.5. The molecule has 31 heavy (non-hydrogen) atoms. The molecule has 1 aliphatic rings. The number of fused-ring (bicyclic) bond motifs is 1. The van der Waals surface area contributed by atoms with E-state index in [1.165, 1.54) is 0 Å².